The highest BCUT2D eigenvalue weighted by Crippen LogP contribution is 2.35. The minimum absolute atomic E-state index is 0.0529. The van der Waals surface area contributed by atoms with Crippen molar-refractivity contribution in [3.63, 3.8) is 0 Å². The van der Waals surface area contributed by atoms with Crippen molar-refractivity contribution in [3.05, 3.63) is 76.9 Å². The van der Waals surface area contributed by atoms with Crippen molar-refractivity contribution in [2.24, 2.45) is 5.92 Å². The molecule has 1 saturated heterocycles. The molecule has 2 aromatic carbocycles. The van der Waals surface area contributed by atoms with Crippen LogP contribution >= 0.6 is 11.3 Å². The van der Waals surface area contributed by atoms with E-state index >= 15 is 0 Å². The van der Waals surface area contributed by atoms with Crippen LogP contribution in [0.3, 0.4) is 0 Å². The third-order valence-corrected chi connectivity index (χ3v) is 7.47. The fraction of sp³-hybridized carbons (Fsp3) is 0.333. The summed E-state index contributed by atoms with van der Waals surface area (Å²) in [4.78, 5) is 7.42. The van der Waals surface area contributed by atoms with Gasteiger partial charge in [0.1, 0.15) is 17.0 Å². The molecule has 0 radical (unpaired) electrons. The Bertz CT molecular complexity index is 1130. The summed E-state index contributed by atoms with van der Waals surface area (Å²) in [5, 5.41) is 15.1. The number of hydrogen-bond donors (Lipinski definition) is 2. The number of hydrogen-bond acceptors (Lipinski definition) is 5. The SMILES string of the molecule is COc1ccc([C@@H](c2sc3ncnn3c2O)[NH+]2CCC(Cc3ccccc3)CC2)cc1. The molecule has 0 unspecified atom stereocenters. The van der Waals surface area contributed by atoms with Gasteiger partial charge in [-0.1, -0.05) is 41.7 Å². The van der Waals surface area contributed by atoms with E-state index in [9.17, 15) is 5.11 Å². The topological polar surface area (TPSA) is 64.1 Å². The number of methoxy groups -OCH3 is 1. The van der Waals surface area contributed by atoms with Gasteiger partial charge < -0.3 is 14.7 Å². The van der Waals surface area contributed by atoms with Crippen LogP contribution in [0, 0.1) is 5.92 Å². The number of fused-ring (bicyclic) bond motifs is 1. The molecule has 160 valence electrons. The number of aromatic nitrogens is 3. The normalized spacial score (nSPS) is 20.0. The Hall–Kier alpha value is -2.90. The maximum absolute atomic E-state index is 10.9. The van der Waals surface area contributed by atoms with Crippen LogP contribution in [0.2, 0.25) is 0 Å². The molecule has 1 aliphatic rings. The highest BCUT2D eigenvalue weighted by molar-refractivity contribution is 7.17. The molecule has 0 amide bonds. The number of rotatable bonds is 6. The first kappa shape index (κ1) is 20.0. The smallest absolute Gasteiger partial charge is 0.235 e. The molecule has 0 saturated carbocycles. The summed E-state index contributed by atoms with van der Waals surface area (Å²) >= 11 is 1.53. The molecule has 5 rings (SSSR count). The fourth-order valence-electron chi connectivity index (χ4n) is 4.74. The van der Waals surface area contributed by atoms with E-state index < -0.39 is 0 Å². The van der Waals surface area contributed by atoms with Gasteiger partial charge in [-0.25, -0.2) is 4.98 Å². The summed E-state index contributed by atoms with van der Waals surface area (Å²) < 4.78 is 6.89. The van der Waals surface area contributed by atoms with E-state index in [2.05, 4.69) is 52.5 Å². The molecular weight excluding hydrogens is 408 g/mol. The van der Waals surface area contributed by atoms with Gasteiger partial charge in [-0.15, -0.1) is 0 Å². The lowest BCUT2D eigenvalue weighted by Gasteiger charge is -2.34. The van der Waals surface area contributed by atoms with Crippen LogP contribution in [0.1, 0.15) is 34.9 Å². The van der Waals surface area contributed by atoms with Crippen LogP contribution in [0.4, 0.5) is 0 Å². The molecule has 0 bridgehead atoms. The van der Waals surface area contributed by atoms with Crippen LogP contribution in [0.5, 0.6) is 11.6 Å². The van der Waals surface area contributed by atoms with Crippen LogP contribution < -0.4 is 9.64 Å². The van der Waals surface area contributed by atoms with Gasteiger partial charge in [0.15, 0.2) is 6.04 Å². The van der Waals surface area contributed by atoms with Crippen molar-refractivity contribution in [1.82, 2.24) is 14.6 Å². The molecule has 2 aromatic heterocycles. The second kappa shape index (κ2) is 8.69. The average Bonchev–Trinajstić information content (AvgIpc) is 3.40. The Labute approximate surface area is 185 Å². The van der Waals surface area contributed by atoms with Gasteiger partial charge in [0.25, 0.3) is 0 Å². The molecule has 0 spiro atoms. The summed E-state index contributed by atoms with van der Waals surface area (Å²) in [7, 11) is 1.68. The Morgan fingerprint density at radius 1 is 1.13 bits per heavy atom. The van der Waals surface area contributed by atoms with Crippen molar-refractivity contribution in [2.75, 3.05) is 20.2 Å². The minimum Gasteiger partial charge on any atom is -0.497 e. The van der Waals surface area contributed by atoms with Gasteiger partial charge in [-0.2, -0.15) is 9.61 Å². The second-order valence-electron chi connectivity index (χ2n) is 8.24. The maximum atomic E-state index is 10.9. The summed E-state index contributed by atoms with van der Waals surface area (Å²) in [6.45, 7) is 2.14. The van der Waals surface area contributed by atoms with Gasteiger partial charge in [0, 0.05) is 5.56 Å². The fourth-order valence-corrected chi connectivity index (χ4v) is 5.85. The molecular formula is C24H27N4O2S+. The monoisotopic (exact) mass is 435 g/mol. The van der Waals surface area contributed by atoms with Crippen molar-refractivity contribution in [1.29, 1.82) is 0 Å². The molecule has 1 aliphatic heterocycles. The summed E-state index contributed by atoms with van der Waals surface area (Å²) in [6.07, 6.45) is 4.99. The summed E-state index contributed by atoms with van der Waals surface area (Å²) in [5.74, 6) is 1.75. The molecule has 3 heterocycles. The number of likely N-dealkylation sites (tertiary alicyclic amines) is 1. The lowest BCUT2D eigenvalue weighted by atomic mass is 9.89. The molecule has 0 aliphatic carbocycles. The summed E-state index contributed by atoms with van der Waals surface area (Å²) in [5.41, 5.74) is 2.60. The lowest BCUT2D eigenvalue weighted by Crippen LogP contribution is -3.13. The zero-order valence-electron chi connectivity index (χ0n) is 17.6. The van der Waals surface area contributed by atoms with Crippen molar-refractivity contribution >= 4 is 16.3 Å². The first-order valence-corrected chi connectivity index (χ1v) is 11.6. The maximum Gasteiger partial charge on any atom is 0.235 e. The van der Waals surface area contributed by atoms with Crippen LogP contribution in [-0.4, -0.2) is 39.9 Å². The van der Waals surface area contributed by atoms with Gasteiger partial charge in [-0.3, -0.25) is 0 Å². The van der Waals surface area contributed by atoms with E-state index in [0.29, 0.717) is 5.92 Å². The van der Waals surface area contributed by atoms with Crippen LogP contribution in [0.15, 0.2) is 60.9 Å². The molecule has 4 aromatic rings. The number of quaternary nitrogens is 1. The predicted octanol–water partition coefficient (Wildman–Crippen LogP) is 3.13. The standard InChI is InChI=1S/C24H26N4O2S/c1-30-20-9-7-19(8-10-20)21(22-23(29)28-24(31-22)25-16-26-28)27-13-11-18(12-14-27)15-17-5-3-2-4-6-17/h2-10,16,18,21,29H,11-15H2,1H3/p+1/t21-/m0/s1. The second-order valence-corrected chi connectivity index (χ2v) is 9.25. The van der Waals surface area contributed by atoms with Gasteiger partial charge in [0.2, 0.25) is 10.8 Å². The number of ether oxygens (including phenoxy) is 1. The van der Waals surface area contributed by atoms with Gasteiger partial charge >= 0.3 is 0 Å². The molecule has 1 atom stereocenters. The Morgan fingerprint density at radius 2 is 1.87 bits per heavy atom. The number of nitrogens with one attached hydrogen (secondary N) is 1. The molecule has 6 nitrogen and oxygen atoms in total. The molecule has 1 fully saturated rings. The number of aromatic hydroxyl groups is 1. The Kier molecular flexibility index (Phi) is 5.61. The van der Waals surface area contributed by atoms with Crippen LogP contribution in [-0.2, 0) is 6.42 Å². The zero-order valence-corrected chi connectivity index (χ0v) is 18.4. The number of nitrogens with zero attached hydrogens (tertiary/aromatic N) is 3. The zero-order chi connectivity index (χ0) is 21.2. The highest BCUT2D eigenvalue weighted by atomic mass is 32.1. The quantitative estimate of drug-likeness (QED) is 0.488. The lowest BCUT2D eigenvalue weighted by molar-refractivity contribution is -0.931. The van der Waals surface area contributed by atoms with E-state index in [-0.39, 0.29) is 11.9 Å². The first-order valence-electron chi connectivity index (χ1n) is 10.8. The number of piperidine rings is 1. The Morgan fingerprint density at radius 3 is 2.55 bits per heavy atom. The Balaban J connectivity index is 1.41. The third-order valence-electron chi connectivity index (χ3n) is 6.37. The summed E-state index contributed by atoms with van der Waals surface area (Å²) in [6, 6.07) is 19.1. The molecule has 2 N–H and O–H groups in total. The van der Waals surface area contributed by atoms with Crippen molar-refractivity contribution < 1.29 is 14.7 Å². The third kappa shape index (κ3) is 4.03. The van der Waals surface area contributed by atoms with Gasteiger partial charge in [0.05, 0.1) is 20.2 Å². The van der Waals surface area contributed by atoms with Crippen molar-refractivity contribution in [2.45, 2.75) is 25.3 Å². The van der Waals surface area contributed by atoms with E-state index in [1.165, 1.54) is 51.0 Å². The highest BCUT2D eigenvalue weighted by Gasteiger charge is 2.35. The predicted molar refractivity (Wildman–Crippen MR) is 121 cm³/mol. The van der Waals surface area contributed by atoms with E-state index in [4.69, 9.17) is 4.74 Å². The molecule has 31 heavy (non-hydrogen) atoms. The first-order chi connectivity index (χ1) is 15.2. The minimum atomic E-state index is 0.0529. The van der Waals surface area contributed by atoms with E-state index in [1.807, 2.05) is 12.1 Å². The van der Waals surface area contributed by atoms with Gasteiger partial charge in [-0.05, 0) is 55.0 Å². The number of benzene rings is 2. The molecule has 7 heteroatoms. The average molecular weight is 436 g/mol. The van der Waals surface area contributed by atoms with E-state index in [0.717, 1.165) is 35.1 Å². The van der Waals surface area contributed by atoms with Crippen LogP contribution in [0.25, 0.3) is 4.96 Å². The largest absolute Gasteiger partial charge is 0.497 e. The number of thiazole rings is 1. The van der Waals surface area contributed by atoms with E-state index in [1.54, 1.807) is 7.11 Å². The van der Waals surface area contributed by atoms with Crippen molar-refractivity contribution in [3.8, 4) is 11.6 Å².